The van der Waals surface area contributed by atoms with Crippen LogP contribution in [0.15, 0.2) is 0 Å². The van der Waals surface area contributed by atoms with Gasteiger partial charge in [0.1, 0.15) is 0 Å². The van der Waals surface area contributed by atoms with Gasteiger partial charge in [-0.25, -0.2) is 0 Å². The second-order valence-electron chi connectivity index (χ2n) is 3.42. The topological polar surface area (TPSA) is 15.3 Å². The summed E-state index contributed by atoms with van der Waals surface area (Å²) in [5, 5.41) is 3.18. The van der Waals surface area contributed by atoms with E-state index >= 15 is 0 Å². The normalized spacial score (nSPS) is 12.7. The Bertz CT molecular complexity index is 86.9. The molecule has 0 saturated carbocycles. The molecule has 0 aromatic rings. The molecule has 0 saturated heterocycles. The Labute approximate surface area is 109 Å². The molecule has 0 fully saturated rings. The van der Waals surface area contributed by atoms with Crippen molar-refractivity contribution in [1.82, 2.24) is 10.2 Å². The van der Waals surface area contributed by atoms with Gasteiger partial charge in [0.05, 0.1) is 0 Å². The second-order valence-corrected chi connectivity index (χ2v) is 3.42. The molecule has 13 heavy (non-hydrogen) atoms. The van der Waals surface area contributed by atoms with Crippen LogP contribution >= 0.6 is 0 Å². The van der Waals surface area contributed by atoms with Crippen molar-refractivity contribution < 1.29 is 32.7 Å². The average Bonchev–Trinajstić information content (AvgIpc) is 2.10. The minimum absolute atomic E-state index is 0. The first-order valence-corrected chi connectivity index (χ1v) is 4.85. The van der Waals surface area contributed by atoms with Crippen molar-refractivity contribution in [3.05, 3.63) is 6.42 Å². The fourth-order valence-corrected chi connectivity index (χ4v) is 1.13. The summed E-state index contributed by atoms with van der Waals surface area (Å²) in [6.07, 6.45) is 4.65. The van der Waals surface area contributed by atoms with Crippen molar-refractivity contribution in [2.75, 3.05) is 27.2 Å². The minimum atomic E-state index is 0. The van der Waals surface area contributed by atoms with Crippen molar-refractivity contribution in [3.63, 3.8) is 0 Å². The molecule has 0 amide bonds. The molecule has 0 radical (unpaired) electrons. The van der Waals surface area contributed by atoms with Gasteiger partial charge >= 0.3 is 32.7 Å². The standard InChI is InChI=1S/C10H23N2.Y/c1-5-6-9-12(4)10(2)7-8-11-3;/h5,10-11H,6-9H2,1-4H3;/q-1;+3. The quantitative estimate of drug-likeness (QED) is 0.698. The Morgan fingerprint density at radius 2 is 2.08 bits per heavy atom. The van der Waals surface area contributed by atoms with E-state index in [0.717, 1.165) is 6.54 Å². The van der Waals surface area contributed by atoms with Crippen molar-refractivity contribution in [3.8, 4) is 0 Å². The summed E-state index contributed by atoms with van der Waals surface area (Å²) in [4.78, 5) is 2.41. The van der Waals surface area contributed by atoms with Gasteiger partial charge in [-0.15, -0.1) is 0 Å². The number of rotatable bonds is 7. The van der Waals surface area contributed by atoms with E-state index in [1.54, 1.807) is 0 Å². The maximum atomic E-state index is 3.18. The minimum Gasteiger partial charge on any atom is -0.330 e. The van der Waals surface area contributed by atoms with Crippen LogP contribution in [-0.4, -0.2) is 38.1 Å². The molecular weight excluding hydrogens is 237 g/mol. The fraction of sp³-hybridized carbons (Fsp3) is 0.900. The summed E-state index contributed by atoms with van der Waals surface area (Å²) >= 11 is 0. The molecule has 0 aromatic carbocycles. The molecular formula is C10H23N2Y+2. The molecule has 0 heterocycles. The van der Waals surface area contributed by atoms with Gasteiger partial charge < -0.3 is 16.6 Å². The maximum absolute atomic E-state index is 3.18. The Hall–Kier alpha value is 1.02. The second kappa shape index (κ2) is 11.1. The van der Waals surface area contributed by atoms with Gasteiger partial charge in [-0.2, -0.15) is 13.3 Å². The van der Waals surface area contributed by atoms with Crippen LogP contribution in [-0.2, 0) is 32.7 Å². The van der Waals surface area contributed by atoms with Crippen LogP contribution in [0.4, 0.5) is 0 Å². The summed E-state index contributed by atoms with van der Waals surface area (Å²) in [5.74, 6) is 0. The van der Waals surface area contributed by atoms with E-state index in [1.165, 1.54) is 19.4 Å². The molecule has 1 unspecified atom stereocenters. The van der Waals surface area contributed by atoms with Gasteiger partial charge in [0.25, 0.3) is 0 Å². The third-order valence-electron chi connectivity index (χ3n) is 2.34. The molecule has 3 heteroatoms. The van der Waals surface area contributed by atoms with E-state index in [9.17, 15) is 0 Å². The molecule has 0 aliphatic rings. The molecule has 1 atom stereocenters. The van der Waals surface area contributed by atoms with Crippen LogP contribution in [0.3, 0.4) is 0 Å². The third kappa shape index (κ3) is 9.33. The van der Waals surface area contributed by atoms with Crippen molar-refractivity contribution >= 4 is 0 Å². The van der Waals surface area contributed by atoms with E-state index in [4.69, 9.17) is 0 Å². The van der Waals surface area contributed by atoms with Crippen LogP contribution < -0.4 is 5.32 Å². The Kier molecular flexibility index (Phi) is 14.0. The van der Waals surface area contributed by atoms with Gasteiger partial charge in [0.2, 0.25) is 0 Å². The van der Waals surface area contributed by atoms with E-state index in [2.05, 4.69) is 37.5 Å². The first-order valence-electron chi connectivity index (χ1n) is 4.85. The van der Waals surface area contributed by atoms with Crippen LogP contribution in [0, 0.1) is 6.42 Å². The average molecular weight is 260 g/mol. The van der Waals surface area contributed by atoms with Gasteiger partial charge in [0.15, 0.2) is 0 Å². The zero-order chi connectivity index (χ0) is 9.40. The molecule has 0 bridgehead atoms. The Morgan fingerprint density at radius 1 is 1.46 bits per heavy atom. The number of nitrogens with zero attached hydrogens (tertiary/aromatic N) is 1. The Balaban J connectivity index is 0. The predicted molar refractivity (Wildman–Crippen MR) is 55.2 cm³/mol. The number of hydrogen-bond donors (Lipinski definition) is 1. The first-order chi connectivity index (χ1) is 5.72. The molecule has 0 aromatic heterocycles. The molecule has 0 aliphatic carbocycles. The van der Waals surface area contributed by atoms with Crippen molar-refractivity contribution in [1.29, 1.82) is 0 Å². The van der Waals surface area contributed by atoms with Gasteiger partial charge in [0, 0.05) is 6.04 Å². The Morgan fingerprint density at radius 3 is 2.54 bits per heavy atom. The van der Waals surface area contributed by atoms with E-state index in [1.807, 2.05) is 7.05 Å². The fourth-order valence-electron chi connectivity index (χ4n) is 1.13. The smallest absolute Gasteiger partial charge is 0.330 e. The summed E-state index contributed by atoms with van der Waals surface area (Å²) in [5.41, 5.74) is 0. The van der Waals surface area contributed by atoms with Crippen LogP contribution in [0.1, 0.15) is 26.7 Å². The van der Waals surface area contributed by atoms with Crippen molar-refractivity contribution in [2.45, 2.75) is 32.7 Å². The zero-order valence-electron chi connectivity index (χ0n) is 9.51. The van der Waals surface area contributed by atoms with E-state index in [-0.39, 0.29) is 32.7 Å². The summed E-state index contributed by atoms with van der Waals surface area (Å²) < 4.78 is 0. The summed E-state index contributed by atoms with van der Waals surface area (Å²) in [6, 6.07) is 0.692. The van der Waals surface area contributed by atoms with Gasteiger partial charge in [-0.05, 0) is 40.5 Å². The van der Waals surface area contributed by atoms with Crippen LogP contribution in [0.2, 0.25) is 0 Å². The summed E-state index contributed by atoms with van der Waals surface area (Å²) in [7, 11) is 4.20. The monoisotopic (exact) mass is 260 g/mol. The van der Waals surface area contributed by atoms with Crippen molar-refractivity contribution in [2.24, 2.45) is 0 Å². The van der Waals surface area contributed by atoms with Gasteiger partial charge in [-0.1, -0.05) is 0 Å². The molecule has 2 nitrogen and oxygen atoms in total. The first kappa shape index (κ1) is 16.5. The SMILES string of the molecule is C[CH-]CCN(C)C(C)CCNC.[Y+3]. The third-order valence-corrected chi connectivity index (χ3v) is 2.34. The van der Waals surface area contributed by atoms with Crippen LogP contribution in [0.5, 0.6) is 0 Å². The van der Waals surface area contributed by atoms with Crippen LogP contribution in [0.25, 0.3) is 0 Å². The van der Waals surface area contributed by atoms with E-state index in [0.29, 0.717) is 6.04 Å². The zero-order valence-corrected chi connectivity index (χ0v) is 12.3. The molecule has 1 N–H and O–H groups in total. The van der Waals surface area contributed by atoms with Gasteiger partial charge in [-0.3, -0.25) is 0 Å². The maximum Gasteiger partial charge on any atom is 3.00 e. The predicted octanol–water partition coefficient (Wildman–Crippen LogP) is 1.53. The molecule has 74 valence electrons. The molecule has 0 rings (SSSR count). The number of unbranched alkanes of at least 4 members (excludes halogenated alkanes) is 1. The van der Waals surface area contributed by atoms with E-state index < -0.39 is 0 Å². The number of hydrogen-bond acceptors (Lipinski definition) is 2. The largest absolute Gasteiger partial charge is 3.00 e. The molecule has 0 spiro atoms. The number of nitrogens with one attached hydrogen (secondary N) is 1. The molecule has 0 aliphatic heterocycles. The summed E-state index contributed by atoms with van der Waals surface area (Å²) in [6.45, 7) is 6.70.